The topological polar surface area (TPSA) is 56.2 Å². The lowest BCUT2D eigenvalue weighted by molar-refractivity contribution is 0.0931. The van der Waals surface area contributed by atoms with Crippen molar-refractivity contribution in [1.29, 1.82) is 0 Å². The highest BCUT2D eigenvalue weighted by Crippen LogP contribution is 2.16. The smallest absolute Gasteiger partial charge is 0.254 e. The van der Waals surface area contributed by atoms with Gasteiger partial charge < -0.3 is 10.1 Å². The lowest BCUT2D eigenvalue weighted by atomic mass is 10.2. The third-order valence-electron chi connectivity index (χ3n) is 2.96. The number of carbonyl (C=O) groups excluding carboxylic acids is 1. The van der Waals surface area contributed by atoms with Crippen LogP contribution >= 0.6 is 11.6 Å². The van der Waals surface area contributed by atoms with Gasteiger partial charge in [0.05, 0.1) is 17.8 Å². The zero-order chi connectivity index (χ0) is 15.4. The van der Waals surface area contributed by atoms with E-state index in [-0.39, 0.29) is 12.0 Å². The highest BCUT2D eigenvalue weighted by Gasteiger charge is 2.13. The molecule has 1 N–H and O–H groups in total. The maximum atomic E-state index is 12.0. The Morgan fingerprint density at radius 3 is 2.67 bits per heavy atom. The summed E-state index contributed by atoms with van der Waals surface area (Å²) in [7, 11) is 1.79. The second-order valence-electron chi connectivity index (χ2n) is 4.89. The van der Waals surface area contributed by atoms with Gasteiger partial charge in [0.2, 0.25) is 0 Å². The molecule has 0 radical (unpaired) electrons. The monoisotopic (exact) mass is 307 g/mol. The van der Waals surface area contributed by atoms with Gasteiger partial charge in [0, 0.05) is 18.3 Å². The average molecular weight is 308 g/mol. The SMILES string of the molecule is Cc1nn(C)cc1C(=O)NCC(C)Oc1ccc(Cl)cc1. The van der Waals surface area contributed by atoms with Crippen LogP contribution in [0.1, 0.15) is 23.0 Å². The molecule has 1 heterocycles. The van der Waals surface area contributed by atoms with Crippen molar-refractivity contribution in [2.45, 2.75) is 20.0 Å². The molecule has 2 rings (SSSR count). The largest absolute Gasteiger partial charge is 0.489 e. The van der Waals surface area contributed by atoms with Gasteiger partial charge in [-0.25, -0.2) is 0 Å². The molecule has 0 aliphatic carbocycles. The van der Waals surface area contributed by atoms with Gasteiger partial charge in [-0.05, 0) is 38.1 Å². The Bertz CT molecular complexity index is 622. The van der Waals surface area contributed by atoms with Crippen molar-refractivity contribution in [3.8, 4) is 5.75 Å². The fourth-order valence-electron chi connectivity index (χ4n) is 1.94. The van der Waals surface area contributed by atoms with Crippen LogP contribution in [0.25, 0.3) is 0 Å². The molecule has 0 spiro atoms. The van der Waals surface area contributed by atoms with Crippen LogP contribution in [0.3, 0.4) is 0 Å². The number of carbonyl (C=O) groups is 1. The van der Waals surface area contributed by atoms with Gasteiger partial charge in [-0.2, -0.15) is 5.10 Å². The Labute approximate surface area is 128 Å². The van der Waals surface area contributed by atoms with Crippen molar-refractivity contribution in [3.63, 3.8) is 0 Å². The highest BCUT2D eigenvalue weighted by atomic mass is 35.5. The first kappa shape index (κ1) is 15.4. The second-order valence-corrected chi connectivity index (χ2v) is 5.33. The van der Waals surface area contributed by atoms with Crippen molar-refractivity contribution in [2.75, 3.05) is 6.54 Å². The molecule has 6 heteroatoms. The van der Waals surface area contributed by atoms with E-state index in [1.165, 1.54) is 0 Å². The Hall–Kier alpha value is -2.01. The van der Waals surface area contributed by atoms with Gasteiger partial charge in [-0.15, -0.1) is 0 Å². The van der Waals surface area contributed by atoms with E-state index >= 15 is 0 Å². The molecule has 0 saturated heterocycles. The predicted molar refractivity (Wildman–Crippen MR) is 81.8 cm³/mol. The number of benzene rings is 1. The van der Waals surface area contributed by atoms with E-state index in [4.69, 9.17) is 16.3 Å². The van der Waals surface area contributed by atoms with Crippen molar-refractivity contribution < 1.29 is 9.53 Å². The minimum atomic E-state index is -0.146. The van der Waals surface area contributed by atoms with Crippen molar-refractivity contribution in [2.24, 2.45) is 7.05 Å². The van der Waals surface area contributed by atoms with E-state index in [0.717, 1.165) is 5.75 Å². The molecule has 21 heavy (non-hydrogen) atoms. The van der Waals surface area contributed by atoms with Crippen LogP contribution < -0.4 is 10.1 Å². The summed E-state index contributed by atoms with van der Waals surface area (Å²) in [6.07, 6.45) is 1.56. The molecule has 0 aliphatic heterocycles. The third-order valence-corrected chi connectivity index (χ3v) is 3.21. The number of aromatic nitrogens is 2. The fraction of sp³-hybridized carbons (Fsp3) is 0.333. The molecule has 0 fully saturated rings. The first-order valence-electron chi connectivity index (χ1n) is 6.66. The number of rotatable bonds is 5. The summed E-state index contributed by atoms with van der Waals surface area (Å²) in [5, 5.41) is 7.65. The Morgan fingerprint density at radius 1 is 1.43 bits per heavy atom. The summed E-state index contributed by atoms with van der Waals surface area (Å²) in [5.41, 5.74) is 1.29. The normalized spacial score (nSPS) is 12.0. The average Bonchev–Trinajstić information content (AvgIpc) is 2.78. The summed E-state index contributed by atoms with van der Waals surface area (Å²) in [4.78, 5) is 12.0. The number of hydrogen-bond acceptors (Lipinski definition) is 3. The number of nitrogens with one attached hydrogen (secondary N) is 1. The van der Waals surface area contributed by atoms with Crippen LogP contribution in [-0.2, 0) is 7.05 Å². The molecular formula is C15H18ClN3O2. The Balaban J connectivity index is 1.86. The molecular weight excluding hydrogens is 290 g/mol. The maximum Gasteiger partial charge on any atom is 0.254 e. The summed E-state index contributed by atoms with van der Waals surface area (Å²) in [5.74, 6) is 0.575. The molecule has 1 amide bonds. The molecule has 1 unspecified atom stereocenters. The van der Waals surface area contributed by atoms with Crippen LogP contribution in [0.15, 0.2) is 30.5 Å². The lowest BCUT2D eigenvalue weighted by Gasteiger charge is -2.15. The van der Waals surface area contributed by atoms with Gasteiger partial charge in [0.1, 0.15) is 11.9 Å². The third kappa shape index (κ3) is 4.23. The van der Waals surface area contributed by atoms with Crippen LogP contribution in [0.5, 0.6) is 5.75 Å². The van der Waals surface area contributed by atoms with E-state index in [9.17, 15) is 4.79 Å². The maximum absolute atomic E-state index is 12.0. The number of hydrogen-bond donors (Lipinski definition) is 1. The number of halogens is 1. The van der Waals surface area contributed by atoms with E-state index in [1.807, 2.05) is 13.8 Å². The molecule has 0 aliphatic rings. The zero-order valence-corrected chi connectivity index (χ0v) is 13.0. The molecule has 5 nitrogen and oxygen atoms in total. The number of ether oxygens (including phenoxy) is 1. The first-order chi connectivity index (χ1) is 9.95. The highest BCUT2D eigenvalue weighted by molar-refractivity contribution is 6.30. The molecule has 112 valence electrons. The van der Waals surface area contributed by atoms with Gasteiger partial charge in [0.15, 0.2) is 0 Å². The molecule has 0 bridgehead atoms. The minimum Gasteiger partial charge on any atom is -0.489 e. The van der Waals surface area contributed by atoms with Crippen molar-refractivity contribution >= 4 is 17.5 Å². The Morgan fingerprint density at radius 2 is 2.10 bits per heavy atom. The summed E-state index contributed by atoms with van der Waals surface area (Å²) in [6, 6.07) is 7.13. The van der Waals surface area contributed by atoms with Crippen LogP contribution in [0, 0.1) is 6.92 Å². The van der Waals surface area contributed by atoms with E-state index < -0.39 is 0 Å². The predicted octanol–water partition coefficient (Wildman–Crippen LogP) is 2.58. The number of aryl methyl sites for hydroxylation is 2. The molecule has 1 aromatic heterocycles. The lowest BCUT2D eigenvalue weighted by Crippen LogP contribution is -2.33. The van der Waals surface area contributed by atoms with Gasteiger partial charge >= 0.3 is 0 Å². The van der Waals surface area contributed by atoms with E-state index in [2.05, 4.69) is 10.4 Å². The van der Waals surface area contributed by atoms with E-state index in [1.54, 1.807) is 42.2 Å². The van der Waals surface area contributed by atoms with Crippen LogP contribution in [0.4, 0.5) is 0 Å². The summed E-state index contributed by atoms with van der Waals surface area (Å²) >= 11 is 5.82. The minimum absolute atomic E-state index is 0.146. The number of nitrogens with zero attached hydrogens (tertiary/aromatic N) is 2. The second kappa shape index (κ2) is 6.63. The summed E-state index contributed by atoms with van der Waals surface area (Å²) in [6.45, 7) is 4.11. The van der Waals surface area contributed by atoms with Gasteiger partial charge in [-0.1, -0.05) is 11.6 Å². The standard InChI is InChI=1S/C15H18ClN3O2/c1-10(21-13-6-4-12(16)5-7-13)8-17-15(20)14-9-19(3)18-11(14)2/h4-7,9-10H,8H2,1-3H3,(H,17,20). The Kier molecular flexibility index (Phi) is 4.85. The van der Waals surface area contributed by atoms with Crippen molar-refractivity contribution in [3.05, 3.63) is 46.7 Å². The molecule has 1 atom stereocenters. The van der Waals surface area contributed by atoms with Crippen molar-refractivity contribution in [1.82, 2.24) is 15.1 Å². The quantitative estimate of drug-likeness (QED) is 0.923. The zero-order valence-electron chi connectivity index (χ0n) is 12.3. The number of amides is 1. The van der Waals surface area contributed by atoms with E-state index in [0.29, 0.717) is 22.8 Å². The molecule has 1 aromatic carbocycles. The van der Waals surface area contributed by atoms with Gasteiger partial charge in [0.25, 0.3) is 5.91 Å². The first-order valence-corrected chi connectivity index (χ1v) is 7.04. The molecule has 0 saturated carbocycles. The van der Waals surface area contributed by atoms with Gasteiger partial charge in [-0.3, -0.25) is 9.48 Å². The fourth-order valence-corrected chi connectivity index (χ4v) is 2.07. The van der Waals surface area contributed by atoms with Crippen LogP contribution in [-0.4, -0.2) is 28.3 Å². The molecule has 2 aromatic rings. The van der Waals surface area contributed by atoms with Crippen LogP contribution in [0.2, 0.25) is 5.02 Å². The summed E-state index contributed by atoms with van der Waals surface area (Å²) < 4.78 is 7.32.